The van der Waals surface area contributed by atoms with E-state index in [-0.39, 0.29) is 6.42 Å². The van der Waals surface area contributed by atoms with Gasteiger partial charge in [-0.3, -0.25) is 4.79 Å². The average molecular weight is 224 g/mol. The Morgan fingerprint density at radius 1 is 1.50 bits per heavy atom. The van der Waals surface area contributed by atoms with Crippen molar-refractivity contribution in [3.63, 3.8) is 0 Å². The van der Waals surface area contributed by atoms with Gasteiger partial charge in [-0.1, -0.05) is 13.8 Å². The number of carboxylic acid groups (broad SMARTS) is 1. The van der Waals surface area contributed by atoms with Gasteiger partial charge in [0.05, 0.1) is 12.1 Å². The molecule has 4 heteroatoms. The van der Waals surface area contributed by atoms with Crippen LogP contribution in [-0.4, -0.2) is 20.6 Å². The van der Waals surface area contributed by atoms with Gasteiger partial charge in [-0.2, -0.15) is 0 Å². The van der Waals surface area contributed by atoms with Crippen LogP contribution in [0, 0.1) is 12.8 Å². The zero-order valence-electron chi connectivity index (χ0n) is 10.4. The molecule has 16 heavy (non-hydrogen) atoms. The largest absolute Gasteiger partial charge is 0.481 e. The Bertz CT molecular complexity index is 381. The molecule has 1 N–H and O–H groups in total. The predicted octanol–water partition coefficient (Wildman–Crippen LogP) is 1.94. The van der Waals surface area contributed by atoms with Gasteiger partial charge in [-0.05, 0) is 19.3 Å². The van der Waals surface area contributed by atoms with Crippen LogP contribution in [0.5, 0.6) is 0 Å². The molecule has 0 spiro atoms. The molecule has 90 valence electrons. The number of nitrogens with zero attached hydrogens (tertiary/aromatic N) is 2. The highest BCUT2D eigenvalue weighted by atomic mass is 16.4. The Morgan fingerprint density at radius 3 is 2.62 bits per heavy atom. The van der Waals surface area contributed by atoms with Crippen molar-refractivity contribution >= 4 is 5.97 Å². The van der Waals surface area contributed by atoms with E-state index in [1.165, 1.54) is 0 Å². The molecule has 1 aromatic heterocycles. The van der Waals surface area contributed by atoms with E-state index in [1.807, 2.05) is 18.5 Å². The zero-order chi connectivity index (χ0) is 12.3. The lowest BCUT2D eigenvalue weighted by molar-refractivity contribution is -0.137. The van der Waals surface area contributed by atoms with Crippen LogP contribution in [0.25, 0.3) is 0 Å². The van der Waals surface area contributed by atoms with Crippen LogP contribution < -0.4 is 0 Å². The number of aromatic nitrogens is 2. The molecule has 0 aliphatic carbocycles. The van der Waals surface area contributed by atoms with Crippen molar-refractivity contribution in [2.75, 3.05) is 0 Å². The van der Waals surface area contributed by atoms with Crippen LogP contribution in [0.15, 0.2) is 0 Å². The number of imidazole rings is 1. The lowest BCUT2D eigenvalue weighted by Gasteiger charge is -2.03. The first-order valence-electron chi connectivity index (χ1n) is 5.64. The molecule has 0 aliphatic rings. The lowest BCUT2D eigenvalue weighted by Crippen LogP contribution is -2.03. The van der Waals surface area contributed by atoms with E-state index in [9.17, 15) is 4.79 Å². The number of carboxylic acids is 1. The molecule has 4 nitrogen and oxygen atoms in total. The second kappa shape index (κ2) is 5.14. The summed E-state index contributed by atoms with van der Waals surface area (Å²) >= 11 is 0. The van der Waals surface area contributed by atoms with E-state index in [0.717, 1.165) is 23.6 Å². The molecule has 0 unspecified atom stereocenters. The van der Waals surface area contributed by atoms with Crippen LogP contribution in [-0.2, 0) is 24.7 Å². The van der Waals surface area contributed by atoms with Gasteiger partial charge in [0.15, 0.2) is 0 Å². The highest BCUT2D eigenvalue weighted by molar-refractivity contribution is 5.66. The minimum absolute atomic E-state index is 0.144. The zero-order valence-corrected chi connectivity index (χ0v) is 10.4. The van der Waals surface area contributed by atoms with E-state index >= 15 is 0 Å². The summed E-state index contributed by atoms with van der Waals surface area (Å²) in [5.74, 6) is 0.669. The Morgan fingerprint density at radius 2 is 2.12 bits per heavy atom. The maximum Gasteiger partial charge on any atom is 0.303 e. The number of aryl methyl sites for hydroxylation is 1. The summed E-state index contributed by atoms with van der Waals surface area (Å²) in [4.78, 5) is 15.0. The Balaban J connectivity index is 2.82. The maximum atomic E-state index is 10.5. The number of aliphatic carboxylic acids is 1. The second-order valence-electron chi connectivity index (χ2n) is 4.61. The Hall–Kier alpha value is -1.32. The Kier molecular flexibility index (Phi) is 4.10. The fourth-order valence-electron chi connectivity index (χ4n) is 1.72. The van der Waals surface area contributed by atoms with Gasteiger partial charge in [-0.15, -0.1) is 0 Å². The third-order valence-electron chi connectivity index (χ3n) is 2.74. The summed E-state index contributed by atoms with van der Waals surface area (Å²) in [6, 6.07) is 0. The first-order valence-corrected chi connectivity index (χ1v) is 5.64. The van der Waals surface area contributed by atoms with E-state index in [0.29, 0.717) is 12.3 Å². The van der Waals surface area contributed by atoms with Crippen LogP contribution in [0.3, 0.4) is 0 Å². The first-order chi connectivity index (χ1) is 7.41. The van der Waals surface area contributed by atoms with Crippen LogP contribution in [0.2, 0.25) is 0 Å². The van der Waals surface area contributed by atoms with E-state index in [2.05, 4.69) is 18.8 Å². The Labute approximate surface area is 96.3 Å². The molecule has 0 aliphatic heterocycles. The monoisotopic (exact) mass is 224 g/mol. The van der Waals surface area contributed by atoms with Gasteiger partial charge in [-0.25, -0.2) is 4.98 Å². The molecule has 0 saturated heterocycles. The summed E-state index contributed by atoms with van der Waals surface area (Å²) in [5.41, 5.74) is 2.24. The molecule has 0 radical (unpaired) electrons. The summed E-state index contributed by atoms with van der Waals surface area (Å²) in [6.07, 6.45) is 1.60. The topological polar surface area (TPSA) is 55.1 Å². The second-order valence-corrected chi connectivity index (χ2v) is 4.61. The smallest absolute Gasteiger partial charge is 0.303 e. The van der Waals surface area contributed by atoms with E-state index in [1.54, 1.807) is 0 Å². The minimum atomic E-state index is -0.772. The highest BCUT2D eigenvalue weighted by Gasteiger charge is 2.12. The fourth-order valence-corrected chi connectivity index (χ4v) is 1.72. The molecule has 0 saturated carbocycles. The molecule has 1 rings (SSSR count). The van der Waals surface area contributed by atoms with Gasteiger partial charge >= 0.3 is 5.97 Å². The number of carbonyl (C=O) groups is 1. The van der Waals surface area contributed by atoms with Crippen LogP contribution in [0.1, 0.15) is 37.5 Å². The van der Waals surface area contributed by atoms with Gasteiger partial charge in [0.2, 0.25) is 0 Å². The van der Waals surface area contributed by atoms with Crippen molar-refractivity contribution in [1.82, 2.24) is 9.55 Å². The molecule has 1 heterocycles. The van der Waals surface area contributed by atoms with E-state index in [4.69, 9.17) is 5.11 Å². The molecular weight excluding hydrogens is 204 g/mol. The van der Waals surface area contributed by atoms with Gasteiger partial charge in [0.1, 0.15) is 5.82 Å². The predicted molar refractivity (Wildman–Crippen MR) is 62.4 cm³/mol. The number of hydrogen-bond donors (Lipinski definition) is 1. The van der Waals surface area contributed by atoms with Crippen LogP contribution in [0.4, 0.5) is 0 Å². The van der Waals surface area contributed by atoms with Crippen molar-refractivity contribution in [3.05, 3.63) is 17.2 Å². The number of hydrogen-bond acceptors (Lipinski definition) is 2. The van der Waals surface area contributed by atoms with Crippen LogP contribution >= 0.6 is 0 Å². The molecular formula is C12H20N2O2. The molecule has 0 aromatic carbocycles. The van der Waals surface area contributed by atoms with Gasteiger partial charge < -0.3 is 9.67 Å². The maximum absolute atomic E-state index is 10.5. The minimum Gasteiger partial charge on any atom is -0.481 e. The van der Waals surface area contributed by atoms with Crippen molar-refractivity contribution in [2.24, 2.45) is 13.0 Å². The standard InChI is InChI=1S/C12H20N2O2/c1-8(2)7-10-9(3)14(4)11(13-10)5-6-12(15)16/h8H,5-7H2,1-4H3,(H,15,16). The van der Waals surface area contributed by atoms with Crippen molar-refractivity contribution < 1.29 is 9.90 Å². The average Bonchev–Trinajstić information content (AvgIpc) is 2.42. The third-order valence-corrected chi connectivity index (χ3v) is 2.74. The van der Waals surface area contributed by atoms with Gasteiger partial charge in [0, 0.05) is 19.2 Å². The quantitative estimate of drug-likeness (QED) is 0.831. The molecule has 0 fully saturated rings. The SMILES string of the molecule is Cc1c(CC(C)C)nc(CCC(=O)O)n1C. The number of rotatable bonds is 5. The lowest BCUT2D eigenvalue weighted by atomic mass is 10.1. The highest BCUT2D eigenvalue weighted by Crippen LogP contribution is 2.14. The summed E-state index contributed by atoms with van der Waals surface area (Å²) in [6.45, 7) is 6.35. The molecule has 0 amide bonds. The molecule has 1 aromatic rings. The van der Waals surface area contributed by atoms with Gasteiger partial charge in [0.25, 0.3) is 0 Å². The van der Waals surface area contributed by atoms with Crippen molar-refractivity contribution in [1.29, 1.82) is 0 Å². The summed E-state index contributed by atoms with van der Waals surface area (Å²) in [5, 5.41) is 8.65. The third kappa shape index (κ3) is 3.08. The van der Waals surface area contributed by atoms with Crippen molar-refractivity contribution in [2.45, 2.75) is 40.0 Å². The molecule has 0 bridgehead atoms. The fraction of sp³-hybridized carbons (Fsp3) is 0.667. The normalized spacial score (nSPS) is 11.1. The van der Waals surface area contributed by atoms with E-state index < -0.39 is 5.97 Å². The summed E-state index contributed by atoms with van der Waals surface area (Å²) < 4.78 is 2.00. The molecule has 0 atom stereocenters. The first kappa shape index (κ1) is 12.7. The summed E-state index contributed by atoms with van der Waals surface area (Å²) in [7, 11) is 1.95. The van der Waals surface area contributed by atoms with Crippen molar-refractivity contribution in [3.8, 4) is 0 Å².